The molecule has 0 bridgehead atoms. The predicted octanol–water partition coefficient (Wildman–Crippen LogP) is 4.79. The monoisotopic (exact) mass is 414 g/mol. The summed E-state index contributed by atoms with van der Waals surface area (Å²) in [6, 6.07) is 27.6. The van der Waals surface area contributed by atoms with Crippen LogP contribution in [0.25, 0.3) is 21.9 Å². The van der Waals surface area contributed by atoms with E-state index in [-0.39, 0.29) is 17.0 Å². The van der Waals surface area contributed by atoms with Crippen molar-refractivity contribution >= 4 is 28.2 Å². The van der Waals surface area contributed by atoms with E-state index in [0.717, 1.165) is 10.8 Å². The van der Waals surface area contributed by atoms with Crippen LogP contribution in [0.5, 0.6) is 5.75 Å². The van der Waals surface area contributed by atoms with Gasteiger partial charge in [0.05, 0.1) is 5.56 Å². The molecule has 0 atom stereocenters. The number of rotatable bonds is 1. The molecule has 0 aliphatic carbocycles. The molecule has 0 aliphatic rings. The van der Waals surface area contributed by atoms with Gasteiger partial charge in [-0.05, 0) is 36.4 Å². The van der Waals surface area contributed by atoms with E-state index in [2.05, 4.69) is 0 Å². The highest BCUT2D eigenvalue weighted by molar-refractivity contribution is 5.78. The molecule has 0 unspecified atom stereocenters. The summed E-state index contributed by atoms with van der Waals surface area (Å²) in [6.07, 6.45) is 0.620. The average molecular weight is 414 g/mol. The summed E-state index contributed by atoms with van der Waals surface area (Å²) in [6.45, 7) is 0. The van der Waals surface area contributed by atoms with E-state index < -0.39 is 0 Å². The van der Waals surface area contributed by atoms with Crippen LogP contribution >= 0.6 is 0 Å². The van der Waals surface area contributed by atoms with Gasteiger partial charge in [-0.3, -0.25) is 4.79 Å². The van der Waals surface area contributed by atoms with Gasteiger partial charge in [0, 0.05) is 22.9 Å². The Balaban J connectivity index is 0.000000133. The molecule has 154 valence electrons. The van der Waals surface area contributed by atoms with Crippen molar-refractivity contribution in [2.24, 2.45) is 0 Å². The SMILES string of the molecule is O=Cc1ccccc1O.O=c1ccc2ccccc2o1.O=c1ccc2ccccc2o1. The largest absolute Gasteiger partial charge is 0.507 e. The van der Waals surface area contributed by atoms with E-state index in [1.165, 1.54) is 18.2 Å². The number of aldehydes is 1. The van der Waals surface area contributed by atoms with Crippen molar-refractivity contribution < 1.29 is 18.7 Å². The Morgan fingerprint density at radius 3 is 1.48 bits per heavy atom. The quantitative estimate of drug-likeness (QED) is 0.313. The molecule has 0 amide bonds. The highest BCUT2D eigenvalue weighted by Crippen LogP contribution is 2.12. The number of carbonyl (C=O) groups is 1. The third-order valence-electron chi connectivity index (χ3n) is 4.12. The molecule has 5 aromatic rings. The predicted molar refractivity (Wildman–Crippen MR) is 118 cm³/mol. The number of fused-ring (bicyclic) bond motifs is 2. The lowest BCUT2D eigenvalue weighted by Crippen LogP contribution is -1.93. The standard InChI is InChI=1S/2C9H6O2.C7H6O2/c2*10-9-6-5-7-3-1-2-4-8(7)11-9;8-5-6-3-1-2-4-7(6)9/h2*1-6H;1-5,9H. The summed E-state index contributed by atoms with van der Waals surface area (Å²) >= 11 is 0. The number of phenolic OH excluding ortho intramolecular Hbond substituents is 1. The van der Waals surface area contributed by atoms with Crippen LogP contribution in [0.4, 0.5) is 0 Å². The molecule has 31 heavy (non-hydrogen) atoms. The van der Waals surface area contributed by atoms with Crippen molar-refractivity contribution in [3.05, 3.63) is 123 Å². The van der Waals surface area contributed by atoms with E-state index in [4.69, 9.17) is 13.9 Å². The first-order chi connectivity index (χ1) is 15.1. The average Bonchev–Trinajstić information content (AvgIpc) is 2.80. The topological polar surface area (TPSA) is 97.7 Å². The first-order valence-corrected chi connectivity index (χ1v) is 9.28. The van der Waals surface area contributed by atoms with E-state index in [1.54, 1.807) is 42.5 Å². The molecule has 2 heterocycles. The van der Waals surface area contributed by atoms with Gasteiger partial charge in [0.15, 0.2) is 6.29 Å². The zero-order valence-electron chi connectivity index (χ0n) is 16.3. The van der Waals surface area contributed by atoms with Crippen LogP contribution in [0.2, 0.25) is 0 Å². The van der Waals surface area contributed by atoms with Crippen molar-refractivity contribution in [3.8, 4) is 5.75 Å². The fourth-order valence-corrected chi connectivity index (χ4v) is 2.61. The first kappa shape index (κ1) is 21.3. The van der Waals surface area contributed by atoms with Crippen LogP contribution in [0.3, 0.4) is 0 Å². The van der Waals surface area contributed by atoms with E-state index in [1.807, 2.05) is 36.4 Å². The number of carbonyl (C=O) groups excluding carboxylic acids is 1. The van der Waals surface area contributed by atoms with E-state index in [9.17, 15) is 14.4 Å². The Morgan fingerprint density at radius 2 is 1.03 bits per heavy atom. The number of phenols is 1. The van der Waals surface area contributed by atoms with E-state index >= 15 is 0 Å². The van der Waals surface area contributed by atoms with Crippen LogP contribution < -0.4 is 11.3 Å². The Bertz CT molecular complexity index is 1330. The Morgan fingerprint density at radius 1 is 0.581 bits per heavy atom. The summed E-state index contributed by atoms with van der Waals surface area (Å²) in [4.78, 5) is 31.5. The summed E-state index contributed by atoms with van der Waals surface area (Å²) in [7, 11) is 0. The highest BCUT2D eigenvalue weighted by atomic mass is 16.4. The molecule has 3 aromatic carbocycles. The Labute approximate surface area is 176 Å². The maximum Gasteiger partial charge on any atom is 0.336 e. The van der Waals surface area contributed by atoms with Gasteiger partial charge in [-0.1, -0.05) is 48.5 Å². The molecule has 6 heteroatoms. The fourth-order valence-electron chi connectivity index (χ4n) is 2.61. The van der Waals surface area contributed by atoms with Crippen molar-refractivity contribution in [1.29, 1.82) is 0 Å². The Kier molecular flexibility index (Phi) is 7.11. The highest BCUT2D eigenvalue weighted by Gasteiger charge is 1.94. The Hall–Kier alpha value is -4.45. The second-order valence-electron chi connectivity index (χ2n) is 6.26. The summed E-state index contributed by atoms with van der Waals surface area (Å²) < 4.78 is 9.81. The second-order valence-corrected chi connectivity index (χ2v) is 6.26. The van der Waals surface area contributed by atoms with Crippen LogP contribution in [-0.2, 0) is 0 Å². The fraction of sp³-hybridized carbons (Fsp3) is 0. The molecular formula is C25H18O6. The van der Waals surface area contributed by atoms with Gasteiger partial charge in [-0.15, -0.1) is 0 Å². The van der Waals surface area contributed by atoms with E-state index in [0.29, 0.717) is 23.0 Å². The van der Waals surface area contributed by atoms with Crippen molar-refractivity contribution in [2.45, 2.75) is 0 Å². The molecule has 6 nitrogen and oxygen atoms in total. The van der Waals surface area contributed by atoms with Crippen LogP contribution in [-0.4, -0.2) is 11.4 Å². The lowest BCUT2D eigenvalue weighted by atomic mass is 10.2. The molecule has 1 N–H and O–H groups in total. The minimum Gasteiger partial charge on any atom is -0.507 e. The smallest absolute Gasteiger partial charge is 0.336 e. The lowest BCUT2D eigenvalue weighted by Gasteiger charge is -1.91. The molecule has 0 saturated heterocycles. The van der Waals surface area contributed by atoms with Gasteiger partial charge < -0.3 is 13.9 Å². The van der Waals surface area contributed by atoms with Gasteiger partial charge in [-0.25, -0.2) is 9.59 Å². The maximum absolute atomic E-state index is 10.7. The number of aromatic hydroxyl groups is 1. The van der Waals surface area contributed by atoms with Crippen LogP contribution in [0, 0.1) is 0 Å². The van der Waals surface area contributed by atoms with Crippen molar-refractivity contribution in [2.75, 3.05) is 0 Å². The van der Waals surface area contributed by atoms with Crippen molar-refractivity contribution in [1.82, 2.24) is 0 Å². The third-order valence-corrected chi connectivity index (χ3v) is 4.12. The second kappa shape index (κ2) is 10.4. The summed E-state index contributed by atoms with van der Waals surface area (Å²) in [5.41, 5.74) is 1.00. The molecule has 0 aliphatic heterocycles. The van der Waals surface area contributed by atoms with Gasteiger partial charge in [0.1, 0.15) is 16.9 Å². The van der Waals surface area contributed by atoms with Gasteiger partial charge >= 0.3 is 11.3 Å². The number of hydrogen-bond donors (Lipinski definition) is 1. The number of benzene rings is 3. The number of para-hydroxylation sites is 3. The number of hydrogen-bond acceptors (Lipinski definition) is 6. The van der Waals surface area contributed by atoms with Crippen molar-refractivity contribution in [3.63, 3.8) is 0 Å². The van der Waals surface area contributed by atoms with Crippen LogP contribution in [0.1, 0.15) is 10.4 Å². The summed E-state index contributed by atoms with van der Waals surface area (Å²) in [5.74, 6) is 0.0347. The van der Waals surface area contributed by atoms with Gasteiger partial charge in [0.2, 0.25) is 0 Å². The molecular weight excluding hydrogens is 396 g/mol. The summed E-state index contributed by atoms with van der Waals surface area (Å²) in [5, 5.41) is 10.8. The zero-order chi connectivity index (χ0) is 22.1. The first-order valence-electron chi connectivity index (χ1n) is 9.28. The van der Waals surface area contributed by atoms with Gasteiger partial charge in [-0.2, -0.15) is 0 Å². The third kappa shape index (κ3) is 6.01. The minimum absolute atomic E-state index is 0.0347. The van der Waals surface area contributed by atoms with Crippen LogP contribution in [0.15, 0.2) is 115 Å². The van der Waals surface area contributed by atoms with Gasteiger partial charge in [0.25, 0.3) is 0 Å². The molecule has 0 saturated carbocycles. The molecule has 0 spiro atoms. The minimum atomic E-state index is -0.302. The lowest BCUT2D eigenvalue weighted by molar-refractivity contribution is 0.112. The molecule has 0 fully saturated rings. The molecule has 2 aromatic heterocycles. The normalized spacial score (nSPS) is 9.81. The molecule has 0 radical (unpaired) electrons. The zero-order valence-corrected chi connectivity index (χ0v) is 16.3. The molecule has 5 rings (SSSR count). The maximum atomic E-state index is 10.7.